The predicted octanol–water partition coefficient (Wildman–Crippen LogP) is 1.08. The van der Waals surface area contributed by atoms with Gasteiger partial charge in [0, 0.05) is 6.42 Å². The maximum Gasteiger partial charge on any atom is 0.329 e. The number of carboxylic acids is 1. The molecule has 0 aromatic heterocycles. The van der Waals surface area contributed by atoms with E-state index in [1.165, 1.54) is 0 Å². The lowest BCUT2D eigenvalue weighted by Gasteiger charge is -2.27. The third-order valence-electron chi connectivity index (χ3n) is 2.54. The minimum atomic E-state index is -1.12. The third kappa shape index (κ3) is 2.13. The van der Waals surface area contributed by atoms with Crippen molar-refractivity contribution in [2.75, 3.05) is 0 Å². The Morgan fingerprint density at radius 2 is 2.36 bits per heavy atom. The van der Waals surface area contributed by atoms with Crippen LogP contribution in [-0.4, -0.2) is 22.5 Å². The Morgan fingerprint density at radius 1 is 1.64 bits per heavy atom. The molecule has 0 bridgehead atoms. The van der Waals surface area contributed by atoms with Gasteiger partial charge in [0.05, 0.1) is 0 Å². The van der Waals surface area contributed by atoms with Crippen LogP contribution in [0.4, 0.5) is 0 Å². The van der Waals surface area contributed by atoms with Crippen molar-refractivity contribution < 1.29 is 14.7 Å². The molecule has 1 atom stereocenters. The number of carbonyl (C=O) groups excluding carboxylic acids is 1. The van der Waals surface area contributed by atoms with Crippen molar-refractivity contribution in [1.82, 2.24) is 5.32 Å². The van der Waals surface area contributed by atoms with E-state index in [9.17, 15) is 9.59 Å². The molecule has 0 radical (unpaired) electrons. The first-order valence-corrected chi connectivity index (χ1v) is 4.76. The Kier molecular flexibility index (Phi) is 3.28. The summed E-state index contributed by atoms with van der Waals surface area (Å²) in [7, 11) is 0. The van der Waals surface area contributed by atoms with Gasteiger partial charge in [-0.2, -0.15) is 0 Å². The normalized spacial score (nSPS) is 27.6. The average Bonchev–Trinajstić information content (AvgIpc) is 2.29. The van der Waals surface area contributed by atoms with Gasteiger partial charge in [0.2, 0.25) is 5.91 Å². The molecule has 0 unspecified atom stereocenters. The predicted molar refractivity (Wildman–Crippen MR) is 51.8 cm³/mol. The number of amides is 1. The molecule has 4 heteroatoms. The molecule has 0 aliphatic carbocycles. The van der Waals surface area contributed by atoms with Crippen LogP contribution in [0.1, 0.15) is 32.1 Å². The van der Waals surface area contributed by atoms with Gasteiger partial charge in [0.15, 0.2) is 0 Å². The number of aliphatic carboxylic acids is 1. The van der Waals surface area contributed by atoms with Crippen LogP contribution in [0, 0.1) is 0 Å². The van der Waals surface area contributed by atoms with Gasteiger partial charge in [0.1, 0.15) is 5.54 Å². The van der Waals surface area contributed by atoms with Crippen LogP contribution in [0.25, 0.3) is 0 Å². The number of rotatable bonds is 3. The van der Waals surface area contributed by atoms with Gasteiger partial charge in [-0.3, -0.25) is 4.79 Å². The quantitative estimate of drug-likeness (QED) is 0.665. The SMILES string of the molecule is C=CC[C@]1(C(=O)O)CCCCC(=O)N1. The Balaban J connectivity index is 2.87. The molecular formula is C10H15NO3. The van der Waals surface area contributed by atoms with E-state index in [0.717, 1.165) is 12.8 Å². The van der Waals surface area contributed by atoms with Crippen LogP contribution >= 0.6 is 0 Å². The van der Waals surface area contributed by atoms with E-state index >= 15 is 0 Å². The number of hydrogen-bond acceptors (Lipinski definition) is 2. The van der Waals surface area contributed by atoms with Gasteiger partial charge < -0.3 is 10.4 Å². The number of carboxylic acid groups (broad SMARTS) is 1. The maximum absolute atomic E-state index is 11.3. The van der Waals surface area contributed by atoms with Crippen LogP contribution in [0.5, 0.6) is 0 Å². The third-order valence-corrected chi connectivity index (χ3v) is 2.54. The number of hydrogen-bond donors (Lipinski definition) is 2. The Labute approximate surface area is 83.0 Å². The standard InChI is InChI=1S/C10H15NO3/c1-2-6-10(9(13)14)7-4-3-5-8(12)11-10/h2H,1,3-7H2,(H,11,12)(H,13,14)/t10-/m1/s1. The van der Waals surface area contributed by atoms with Gasteiger partial charge in [-0.05, 0) is 25.7 Å². The largest absolute Gasteiger partial charge is 0.479 e. The highest BCUT2D eigenvalue weighted by molar-refractivity contribution is 5.87. The lowest BCUT2D eigenvalue weighted by atomic mass is 9.90. The molecule has 1 aliphatic heterocycles. The topological polar surface area (TPSA) is 66.4 Å². The van der Waals surface area contributed by atoms with Crippen LogP contribution in [-0.2, 0) is 9.59 Å². The van der Waals surface area contributed by atoms with Gasteiger partial charge in [-0.1, -0.05) is 6.08 Å². The van der Waals surface area contributed by atoms with Crippen molar-refractivity contribution in [3.63, 3.8) is 0 Å². The summed E-state index contributed by atoms with van der Waals surface area (Å²) in [5, 5.41) is 11.7. The van der Waals surface area contributed by atoms with Crippen molar-refractivity contribution in [3.05, 3.63) is 12.7 Å². The van der Waals surface area contributed by atoms with E-state index in [1.54, 1.807) is 6.08 Å². The number of nitrogens with one attached hydrogen (secondary N) is 1. The summed E-state index contributed by atoms with van der Waals surface area (Å²) in [4.78, 5) is 22.4. The van der Waals surface area contributed by atoms with Crippen molar-refractivity contribution in [2.45, 2.75) is 37.6 Å². The second-order valence-electron chi connectivity index (χ2n) is 3.64. The van der Waals surface area contributed by atoms with E-state index in [1.807, 2.05) is 0 Å². The smallest absolute Gasteiger partial charge is 0.329 e. The molecular weight excluding hydrogens is 182 g/mol. The first kappa shape index (κ1) is 10.8. The van der Waals surface area contributed by atoms with E-state index in [4.69, 9.17) is 5.11 Å². The Bertz CT molecular complexity index is 262. The second kappa shape index (κ2) is 4.26. The molecule has 1 fully saturated rings. The van der Waals surface area contributed by atoms with Gasteiger partial charge in [0.25, 0.3) is 0 Å². The Hall–Kier alpha value is -1.32. The van der Waals surface area contributed by atoms with Gasteiger partial charge in [-0.15, -0.1) is 6.58 Å². The summed E-state index contributed by atoms with van der Waals surface area (Å²) in [6, 6.07) is 0. The zero-order chi connectivity index (χ0) is 10.6. The average molecular weight is 197 g/mol. The van der Waals surface area contributed by atoms with E-state index in [-0.39, 0.29) is 12.3 Å². The molecule has 78 valence electrons. The fraction of sp³-hybridized carbons (Fsp3) is 0.600. The molecule has 14 heavy (non-hydrogen) atoms. The van der Waals surface area contributed by atoms with E-state index in [0.29, 0.717) is 12.8 Å². The van der Waals surface area contributed by atoms with Crippen molar-refractivity contribution >= 4 is 11.9 Å². The van der Waals surface area contributed by atoms with Crippen LogP contribution in [0.3, 0.4) is 0 Å². The number of carbonyl (C=O) groups is 2. The van der Waals surface area contributed by atoms with Crippen LogP contribution in [0.2, 0.25) is 0 Å². The summed E-state index contributed by atoms with van der Waals surface area (Å²) < 4.78 is 0. The maximum atomic E-state index is 11.3. The Morgan fingerprint density at radius 3 is 2.93 bits per heavy atom. The molecule has 1 heterocycles. The monoisotopic (exact) mass is 197 g/mol. The highest BCUT2D eigenvalue weighted by atomic mass is 16.4. The van der Waals surface area contributed by atoms with Gasteiger partial charge in [-0.25, -0.2) is 4.79 Å². The fourth-order valence-corrected chi connectivity index (χ4v) is 1.75. The summed E-state index contributed by atoms with van der Waals surface area (Å²) >= 11 is 0. The lowest BCUT2D eigenvalue weighted by Crippen LogP contribution is -2.53. The first-order valence-electron chi connectivity index (χ1n) is 4.76. The first-order chi connectivity index (χ1) is 6.60. The molecule has 1 rings (SSSR count). The molecule has 1 saturated heterocycles. The summed E-state index contributed by atoms with van der Waals surface area (Å²) in [6.45, 7) is 3.52. The van der Waals surface area contributed by atoms with Crippen LogP contribution in [0.15, 0.2) is 12.7 Å². The van der Waals surface area contributed by atoms with E-state index in [2.05, 4.69) is 11.9 Å². The highest BCUT2D eigenvalue weighted by Gasteiger charge is 2.39. The minimum Gasteiger partial charge on any atom is -0.479 e. The molecule has 4 nitrogen and oxygen atoms in total. The molecule has 2 N–H and O–H groups in total. The molecule has 0 spiro atoms. The fourth-order valence-electron chi connectivity index (χ4n) is 1.75. The summed E-state index contributed by atoms with van der Waals surface area (Å²) in [6.07, 6.45) is 4.26. The molecule has 0 saturated carbocycles. The molecule has 0 aromatic rings. The minimum absolute atomic E-state index is 0.174. The van der Waals surface area contributed by atoms with Crippen molar-refractivity contribution in [1.29, 1.82) is 0 Å². The lowest BCUT2D eigenvalue weighted by molar-refractivity contribution is -0.147. The van der Waals surface area contributed by atoms with Crippen molar-refractivity contribution in [2.24, 2.45) is 0 Å². The molecule has 1 aliphatic rings. The van der Waals surface area contributed by atoms with Gasteiger partial charge >= 0.3 is 5.97 Å². The second-order valence-corrected chi connectivity index (χ2v) is 3.64. The highest BCUT2D eigenvalue weighted by Crippen LogP contribution is 2.23. The van der Waals surface area contributed by atoms with Crippen molar-refractivity contribution in [3.8, 4) is 0 Å². The van der Waals surface area contributed by atoms with E-state index < -0.39 is 11.5 Å². The zero-order valence-corrected chi connectivity index (χ0v) is 8.08. The zero-order valence-electron chi connectivity index (χ0n) is 8.08. The molecule has 1 amide bonds. The summed E-state index contributed by atoms with van der Waals surface area (Å²) in [5.74, 6) is -1.14. The summed E-state index contributed by atoms with van der Waals surface area (Å²) in [5.41, 5.74) is -1.12. The van der Waals surface area contributed by atoms with Crippen LogP contribution < -0.4 is 5.32 Å². The molecule has 0 aromatic carbocycles.